The lowest BCUT2D eigenvalue weighted by Gasteiger charge is -2.11. The first-order valence-electron chi connectivity index (χ1n) is 8.74. The molecule has 1 aromatic heterocycles. The zero-order valence-electron chi connectivity index (χ0n) is 15.3. The normalized spacial score (nSPS) is 10.9. The third kappa shape index (κ3) is 3.25. The first-order chi connectivity index (χ1) is 12.6. The first kappa shape index (κ1) is 17.9. The van der Waals surface area contributed by atoms with Crippen LogP contribution in [0.2, 0.25) is 0 Å². The monoisotopic (exact) mass is 353 g/mol. The van der Waals surface area contributed by atoms with Gasteiger partial charge in [-0.15, -0.1) is 0 Å². The largest absolute Gasteiger partial charge is 0.493 e. The number of aromatic nitrogens is 1. The molecule has 3 rings (SSSR count). The first-order valence-corrected chi connectivity index (χ1v) is 8.74. The number of hydrogen-bond donors (Lipinski definition) is 2. The molecule has 136 valence electrons. The summed E-state index contributed by atoms with van der Waals surface area (Å²) in [5, 5.41) is 10.4. The molecule has 1 heterocycles. The number of nitrogens with one attached hydrogen (secondary N) is 1. The minimum absolute atomic E-state index is 0.0432. The number of H-pyrrole nitrogens is 1. The van der Waals surface area contributed by atoms with Crippen LogP contribution < -0.4 is 9.47 Å². The number of ether oxygens (including phenoxy) is 2. The van der Waals surface area contributed by atoms with E-state index in [1.807, 2.05) is 37.3 Å². The number of carbonyl (C=O) groups is 1. The van der Waals surface area contributed by atoms with Crippen LogP contribution in [0.5, 0.6) is 11.5 Å². The van der Waals surface area contributed by atoms with E-state index in [0.717, 1.165) is 34.1 Å². The van der Waals surface area contributed by atoms with Crippen LogP contribution in [0.1, 0.15) is 25.0 Å². The molecule has 0 unspecified atom stereocenters. The number of para-hydroxylation sites is 1. The molecule has 0 aliphatic rings. The van der Waals surface area contributed by atoms with Crippen molar-refractivity contribution in [1.82, 2.24) is 4.98 Å². The highest BCUT2D eigenvalue weighted by Crippen LogP contribution is 2.37. The Bertz CT molecular complexity index is 943. The predicted octanol–water partition coefficient (Wildman–Crippen LogP) is 4.43. The van der Waals surface area contributed by atoms with E-state index in [0.29, 0.717) is 18.1 Å². The average Bonchev–Trinajstić information content (AvgIpc) is 3.00. The highest BCUT2D eigenvalue weighted by Gasteiger charge is 2.18. The zero-order valence-corrected chi connectivity index (χ0v) is 15.3. The molecule has 0 aliphatic carbocycles. The van der Waals surface area contributed by atoms with Crippen LogP contribution >= 0.6 is 0 Å². The Morgan fingerprint density at radius 2 is 1.96 bits per heavy atom. The van der Waals surface area contributed by atoms with Crippen LogP contribution in [-0.4, -0.2) is 29.8 Å². The summed E-state index contributed by atoms with van der Waals surface area (Å²) in [7, 11) is 1.60. The molecule has 3 aromatic rings. The van der Waals surface area contributed by atoms with Gasteiger partial charge >= 0.3 is 5.97 Å². The second-order valence-corrected chi connectivity index (χ2v) is 6.04. The minimum Gasteiger partial charge on any atom is -0.493 e. The Labute approximate surface area is 152 Å². The lowest BCUT2D eigenvalue weighted by molar-refractivity contribution is -0.136. The van der Waals surface area contributed by atoms with Gasteiger partial charge < -0.3 is 19.6 Å². The highest BCUT2D eigenvalue weighted by atomic mass is 16.5. The maximum absolute atomic E-state index is 11.5. The molecule has 0 aliphatic heterocycles. The Hall–Kier alpha value is -2.95. The van der Waals surface area contributed by atoms with E-state index in [1.54, 1.807) is 7.11 Å². The van der Waals surface area contributed by atoms with E-state index < -0.39 is 5.97 Å². The molecule has 0 atom stereocenters. The number of hydrogen-bond acceptors (Lipinski definition) is 3. The van der Waals surface area contributed by atoms with Gasteiger partial charge in [-0.05, 0) is 42.7 Å². The summed E-state index contributed by atoms with van der Waals surface area (Å²) in [4.78, 5) is 14.9. The van der Waals surface area contributed by atoms with Crippen molar-refractivity contribution in [3.63, 3.8) is 0 Å². The second-order valence-electron chi connectivity index (χ2n) is 6.04. The maximum Gasteiger partial charge on any atom is 0.307 e. The number of rotatable bonds is 7. The van der Waals surface area contributed by atoms with Gasteiger partial charge in [-0.25, -0.2) is 0 Å². The lowest BCUT2D eigenvalue weighted by Crippen LogP contribution is -2.01. The van der Waals surface area contributed by atoms with E-state index in [4.69, 9.17) is 9.47 Å². The van der Waals surface area contributed by atoms with Gasteiger partial charge in [-0.1, -0.05) is 25.1 Å². The molecule has 26 heavy (non-hydrogen) atoms. The number of aromatic amines is 1. The number of fused-ring (bicyclic) bond motifs is 1. The van der Waals surface area contributed by atoms with Crippen molar-refractivity contribution in [1.29, 1.82) is 0 Å². The maximum atomic E-state index is 11.5. The molecule has 0 saturated carbocycles. The van der Waals surface area contributed by atoms with Crippen LogP contribution in [0, 0.1) is 0 Å². The average molecular weight is 353 g/mol. The van der Waals surface area contributed by atoms with Gasteiger partial charge in [0.2, 0.25) is 0 Å². The van der Waals surface area contributed by atoms with Crippen LogP contribution in [0.25, 0.3) is 22.2 Å². The van der Waals surface area contributed by atoms with Crippen LogP contribution in [0.3, 0.4) is 0 Å². The SMILES string of the molecule is CCOc1cc(-c2[nH]c3c(CC)cccc3c2CC(=O)O)ccc1OC. The fourth-order valence-corrected chi connectivity index (χ4v) is 3.31. The Balaban J connectivity index is 2.23. The van der Waals surface area contributed by atoms with Crippen molar-refractivity contribution in [2.45, 2.75) is 26.7 Å². The molecular formula is C21H23NO4. The number of carboxylic acid groups (broad SMARTS) is 1. The molecule has 0 radical (unpaired) electrons. The van der Waals surface area contributed by atoms with Crippen LogP contribution in [0.4, 0.5) is 0 Å². The van der Waals surface area contributed by atoms with E-state index in [9.17, 15) is 9.90 Å². The lowest BCUT2D eigenvalue weighted by atomic mass is 10.0. The number of methoxy groups -OCH3 is 1. The standard InChI is InChI=1S/C21H23NO4/c1-4-13-7-6-8-15-16(12-19(23)24)21(22-20(13)15)14-9-10-17(25-3)18(11-14)26-5-2/h6-11,22H,4-5,12H2,1-3H3,(H,23,24). The highest BCUT2D eigenvalue weighted by molar-refractivity contribution is 5.95. The Morgan fingerprint density at radius 1 is 1.15 bits per heavy atom. The van der Waals surface area contributed by atoms with E-state index in [2.05, 4.69) is 18.0 Å². The summed E-state index contributed by atoms with van der Waals surface area (Å²) >= 11 is 0. The van der Waals surface area contributed by atoms with Crippen molar-refractivity contribution in [3.8, 4) is 22.8 Å². The third-order valence-electron chi connectivity index (χ3n) is 4.49. The fourth-order valence-electron chi connectivity index (χ4n) is 3.31. The van der Waals surface area contributed by atoms with E-state index in [-0.39, 0.29) is 6.42 Å². The van der Waals surface area contributed by atoms with Gasteiger partial charge in [0, 0.05) is 16.5 Å². The number of aryl methyl sites for hydroxylation is 1. The molecular weight excluding hydrogens is 330 g/mol. The van der Waals surface area contributed by atoms with Crippen molar-refractivity contribution in [2.24, 2.45) is 0 Å². The van der Waals surface area contributed by atoms with Crippen molar-refractivity contribution < 1.29 is 19.4 Å². The second kappa shape index (κ2) is 7.52. The number of aliphatic carboxylic acids is 1. The number of benzene rings is 2. The van der Waals surface area contributed by atoms with Crippen molar-refractivity contribution >= 4 is 16.9 Å². The van der Waals surface area contributed by atoms with E-state index >= 15 is 0 Å². The molecule has 0 fully saturated rings. The summed E-state index contributed by atoms with van der Waals surface area (Å²) in [5.41, 5.74) is 4.64. The van der Waals surface area contributed by atoms with Gasteiger partial charge in [0.15, 0.2) is 11.5 Å². The molecule has 0 bridgehead atoms. The van der Waals surface area contributed by atoms with Gasteiger partial charge in [-0.2, -0.15) is 0 Å². The zero-order chi connectivity index (χ0) is 18.7. The summed E-state index contributed by atoms with van der Waals surface area (Å²) in [6.45, 7) is 4.53. The van der Waals surface area contributed by atoms with Crippen LogP contribution in [0.15, 0.2) is 36.4 Å². The molecule has 0 saturated heterocycles. The molecule has 5 heteroatoms. The predicted molar refractivity (Wildman–Crippen MR) is 102 cm³/mol. The smallest absolute Gasteiger partial charge is 0.307 e. The number of carboxylic acids is 1. The molecule has 2 N–H and O–H groups in total. The Kier molecular flexibility index (Phi) is 5.16. The van der Waals surface area contributed by atoms with Crippen LogP contribution in [-0.2, 0) is 17.6 Å². The molecule has 5 nitrogen and oxygen atoms in total. The quantitative estimate of drug-likeness (QED) is 0.659. The molecule has 2 aromatic carbocycles. The van der Waals surface area contributed by atoms with Crippen molar-refractivity contribution in [3.05, 3.63) is 47.5 Å². The van der Waals surface area contributed by atoms with Crippen molar-refractivity contribution in [2.75, 3.05) is 13.7 Å². The molecule has 0 spiro atoms. The van der Waals surface area contributed by atoms with E-state index in [1.165, 1.54) is 5.56 Å². The summed E-state index contributed by atoms with van der Waals surface area (Å²) in [6, 6.07) is 11.7. The van der Waals surface area contributed by atoms with Gasteiger partial charge in [0.1, 0.15) is 0 Å². The summed E-state index contributed by atoms with van der Waals surface area (Å²) < 4.78 is 11.0. The fraction of sp³-hybridized carbons (Fsp3) is 0.286. The topological polar surface area (TPSA) is 71.6 Å². The van der Waals surface area contributed by atoms with Gasteiger partial charge in [-0.3, -0.25) is 4.79 Å². The molecule has 0 amide bonds. The summed E-state index contributed by atoms with van der Waals surface area (Å²) in [5.74, 6) is 0.441. The van der Waals surface area contributed by atoms with Gasteiger partial charge in [0.05, 0.1) is 25.8 Å². The van der Waals surface area contributed by atoms with Gasteiger partial charge in [0.25, 0.3) is 0 Å². The third-order valence-corrected chi connectivity index (χ3v) is 4.49. The Morgan fingerprint density at radius 3 is 2.62 bits per heavy atom. The minimum atomic E-state index is -0.854. The summed E-state index contributed by atoms with van der Waals surface area (Å²) in [6.07, 6.45) is 0.828.